The van der Waals surface area contributed by atoms with Crippen LogP contribution in [0.3, 0.4) is 0 Å². The summed E-state index contributed by atoms with van der Waals surface area (Å²) in [5.41, 5.74) is 2.27. The Balaban J connectivity index is 1.24. The fourth-order valence-corrected chi connectivity index (χ4v) is 5.46. The number of benzene rings is 2. The van der Waals surface area contributed by atoms with Crippen molar-refractivity contribution in [2.24, 2.45) is 5.92 Å². The molecule has 0 radical (unpaired) electrons. The maximum absolute atomic E-state index is 13.0. The summed E-state index contributed by atoms with van der Waals surface area (Å²) in [6, 6.07) is 12.7. The number of amides is 2. The quantitative estimate of drug-likeness (QED) is 0.598. The molecule has 172 valence electrons. The van der Waals surface area contributed by atoms with Gasteiger partial charge in [0.2, 0.25) is 5.91 Å². The number of likely N-dealkylation sites (tertiary alicyclic amines) is 1. The monoisotopic (exact) mass is 484 g/mol. The lowest BCUT2D eigenvalue weighted by molar-refractivity contribution is -0.121. The van der Waals surface area contributed by atoms with Crippen LogP contribution in [0.1, 0.15) is 23.2 Å². The SMILES string of the molecule is O=C(Nc1ccc2nc(N3CCOCC3)sc2c1)C1CCCN(C(=O)c2ccc(Cl)cc2)C1. The van der Waals surface area contributed by atoms with Crippen LogP contribution in [0, 0.1) is 5.92 Å². The smallest absolute Gasteiger partial charge is 0.253 e. The zero-order chi connectivity index (χ0) is 22.8. The third-order valence-electron chi connectivity index (χ3n) is 6.10. The van der Waals surface area contributed by atoms with E-state index in [1.165, 1.54) is 0 Å². The lowest BCUT2D eigenvalue weighted by Gasteiger charge is -2.32. The second-order valence-electron chi connectivity index (χ2n) is 8.36. The van der Waals surface area contributed by atoms with Crippen LogP contribution in [0.25, 0.3) is 10.2 Å². The number of rotatable bonds is 4. The summed E-state index contributed by atoms with van der Waals surface area (Å²) in [7, 11) is 0. The van der Waals surface area contributed by atoms with E-state index in [4.69, 9.17) is 21.3 Å². The number of piperidine rings is 1. The number of hydrogen-bond donors (Lipinski definition) is 1. The predicted octanol–water partition coefficient (Wildman–Crippen LogP) is 4.28. The zero-order valence-electron chi connectivity index (χ0n) is 18.1. The number of carbonyl (C=O) groups excluding carboxylic acids is 2. The van der Waals surface area contributed by atoms with E-state index >= 15 is 0 Å². The highest BCUT2D eigenvalue weighted by atomic mass is 35.5. The molecule has 1 N–H and O–H groups in total. The first-order chi connectivity index (χ1) is 16.1. The van der Waals surface area contributed by atoms with Crippen molar-refractivity contribution in [1.82, 2.24) is 9.88 Å². The van der Waals surface area contributed by atoms with E-state index in [1.54, 1.807) is 40.5 Å². The van der Waals surface area contributed by atoms with Crippen molar-refractivity contribution in [3.63, 3.8) is 0 Å². The van der Waals surface area contributed by atoms with Gasteiger partial charge >= 0.3 is 0 Å². The average molecular weight is 485 g/mol. The fourth-order valence-electron chi connectivity index (χ4n) is 4.28. The zero-order valence-corrected chi connectivity index (χ0v) is 19.7. The Morgan fingerprint density at radius 3 is 2.67 bits per heavy atom. The van der Waals surface area contributed by atoms with Crippen LogP contribution in [0.2, 0.25) is 5.02 Å². The molecule has 1 atom stereocenters. The molecule has 0 bridgehead atoms. The Labute approximate surface area is 201 Å². The van der Waals surface area contributed by atoms with E-state index < -0.39 is 0 Å². The van der Waals surface area contributed by atoms with Crippen LogP contribution < -0.4 is 10.2 Å². The lowest BCUT2D eigenvalue weighted by atomic mass is 9.96. The highest BCUT2D eigenvalue weighted by Crippen LogP contribution is 2.31. The minimum absolute atomic E-state index is 0.0547. The molecule has 7 nitrogen and oxygen atoms in total. The number of morpholine rings is 1. The van der Waals surface area contributed by atoms with Crippen molar-refractivity contribution < 1.29 is 14.3 Å². The third-order valence-corrected chi connectivity index (χ3v) is 7.43. The van der Waals surface area contributed by atoms with Gasteiger partial charge in [-0.2, -0.15) is 0 Å². The van der Waals surface area contributed by atoms with Gasteiger partial charge in [-0.05, 0) is 55.3 Å². The first-order valence-electron chi connectivity index (χ1n) is 11.2. The number of fused-ring (bicyclic) bond motifs is 1. The number of anilines is 2. The Morgan fingerprint density at radius 1 is 1.09 bits per heavy atom. The number of nitrogens with one attached hydrogen (secondary N) is 1. The molecule has 33 heavy (non-hydrogen) atoms. The van der Waals surface area contributed by atoms with Gasteiger partial charge in [-0.3, -0.25) is 9.59 Å². The number of ether oxygens (including phenoxy) is 1. The number of carbonyl (C=O) groups is 2. The van der Waals surface area contributed by atoms with E-state index in [0.717, 1.165) is 60.2 Å². The summed E-state index contributed by atoms with van der Waals surface area (Å²) in [6.45, 7) is 4.19. The van der Waals surface area contributed by atoms with Crippen molar-refractivity contribution in [2.45, 2.75) is 12.8 Å². The molecule has 0 aliphatic carbocycles. The van der Waals surface area contributed by atoms with E-state index in [1.807, 2.05) is 18.2 Å². The second-order valence-corrected chi connectivity index (χ2v) is 9.81. The standard InChI is InChI=1S/C24H25ClN4O3S/c25-18-5-3-16(4-6-18)23(31)29-9-1-2-17(15-29)22(30)26-19-7-8-20-21(14-19)33-24(27-20)28-10-12-32-13-11-28/h3-8,14,17H,1-2,9-13,15H2,(H,26,30). The summed E-state index contributed by atoms with van der Waals surface area (Å²) in [5.74, 6) is -0.358. The number of nitrogens with zero attached hydrogens (tertiary/aromatic N) is 3. The summed E-state index contributed by atoms with van der Waals surface area (Å²) < 4.78 is 6.47. The molecule has 2 fully saturated rings. The van der Waals surface area contributed by atoms with Crippen LogP contribution in [0.5, 0.6) is 0 Å². The molecule has 0 spiro atoms. The highest BCUT2D eigenvalue weighted by Gasteiger charge is 2.29. The predicted molar refractivity (Wildman–Crippen MR) is 131 cm³/mol. The maximum atomic E-state index is 13.0. The van der Waals surface area contributed by atoms with Gasteiger partial charge in [0.25, 0.3) is 5.91 Å². The van der Waals surface area contributed by atoms with Crippen LogP contribution in [0.15, 0.2) is 42.5 Å². The van der Waals surface area contributed by atoms with Gasteiger partial charge in [-0.25, -0.2) is 4.98 Å². The Bertz CT molecular complexity index is 1160. The van der Waals surface area contributed by atoms with E-state index in [0.29, 0.717) is 23.7 Å². The fraction of sp³-hybridized carbons (Fsp3) is 0.375. The van der Waals surface area contributed by atoms with Gasteiger partial charge in [0.05, 0.1) is 29.3 Å². The van der Waals surface area contributed by atoms with Gasteiger partial charge < -0.3 is 19.9 Å². The van der Waals surface area contributed by atoms with Gasteiger partial charge in [0.15, 0.2) is 5.13 Å². The minimum Gasteiger partial charge on any atom is -0.378 e. The molecular formula is C24H25ClN4O3S. The van der Waals surface area contributed by atoms with Crippen molar-refractivity contribution in [3.8, 4) is 0 Å². The largest absolute Gasteiger partial charge is 0.378 e. The Morgan fingerprint density at radius 2 is 1.88 bits per heavy atom. The molecule has 5 rings (SSSR count). The molecule has 3 heterocycles. The Hall–Kier alpha value is -2.68. The van der Waals surface area contributed by atoms with Crippen molar-refractivity contribution >= 4 is 55.8 Å². The molecule has 2 aliphatic rings. The molecule has 2 aliphatic heterocycles. The summed E-state index contributed by atoms with van der Waals surface area (Å²) in [6.07, 6.45) is 1.56. The average Bonchev–Trinajstić information content (AvgIpc) is 3.28. The normalized spacial score (nSPS) is 19.0. The molecule has 2 saturated heterocycles. The highest BCUT2D eigenvalue weighted by molar-refractivity contribution is 7.22. The molecule has 1 aromatic heterocycles. The van der Waals surface area contributed by atoms with Gasteiger partial charge in [-0.15, -0.1) is 0 Å². The molecule has 1 unspecified atom stereocenters. The van der Waals surface area contributed by atoms with E-state index in [2.05, 4.69) is 10.2 Å². The number of aromatic nitrogens is 1. The molecular weight excluding hydrogens is 460 g/mol. The van der Waals surface area contributed by atoms with Gasteiger partial charge in [-0.1, -0.05) is 22.9 Å². The minimum atomic E-state index is -0.240. The van der Waals surface area contributed by atoms with Crippen LogP contribution in [-0.4, -0.2) is 61.1 Å². The molecule has 9 heteroatoms. The number of thiazole rings is 1. The van der Waals surface area contributed by atoms with E-state index in [9.17, 15) is 9.59 Å². The molecule has 0 saturated carbocycles. The first kappa shape index (κ1) is 22.1. The van der Waals surface area contributed by atoms with E-state index in [-0.39, 0.29) is 17.7 Å². The van der Waals surface area contributed by atoms with Gasteiger partial charge in [0.1, 0.15) is 0 Å². The molecule has 2 amide bonds. The van der Waals surface area contributed by atoms with Crippen molar-refractivity contribution in [3.05, 3.63) is 53.1 Å². The lowest BCUT2D eigenvalue weighted by Crippen LogP contribution is -2.43. The van der Waals surface area contributed by atoms with Crippen LogP contribution in [-0.2, 0) is 9.53 Å². The topological polar surface area (TPSA) is 74.8 Å². The molecule has 2 aromatic carbocycles. The van der Waals surface area contributed by atoms with Crippen LogP contribution in [0.4, 0.5) is 10.8 Å². The van der Waals surface area contributed by atoms with Crippen molar-refractivity contribution in [2.75, 3.05) is 49.6 Å². The third kappa shape index (κ3) is 4.98. The van der Waals surface area contributed by atoms with Crippen molar-refractivity contribution in [1.29, 1.82) is 0 Å². The maximum Gasteiger partial charge on any atom is 0.253 e. The van der Waals surface area contributed by atoms with Gasteiger partial charge in [0, 0.05) is 42.5 Å². The first-order valence-corrected chi connectivity index (χ1v) is 12.4. The second kappa shape index (κ2) is 9.67. The Kier molecular flexibility index (Phi) is 6.48. The number of hydrogen-bond acceptors (Lipinski definition) is 6. The number of halogens is 1. The summed E-state index contributed by atoms with van der Waals surface area (Å²) >= 11 is 7.56. The summed E-state index contributed by atoms with van der Waals surface area (Å²) in [4.78, 5) is 34.6. The van der Waals surface area contributed by atoms with Crippen LogP contribution >= 0.6 is 22.9 Å². The molecule has 3 aromatic rings. The summed E-state index contributed by atoms with van der Waals surface area (Å²) in [5, 5.41) is 4.63.